The van der Waals surface area contributed by atoms with E-state index in [-0.39, 0.29) is 30.6 Å². The summed E-state index contributed by atoms with van der Waals surface area (Å²) >= 11 is 0. The molecule has 0 atom stereocenters. The Morgan fingerprint density at radius 1 is 0.793 bits per heavy atom. The summed E-state index contributed by atoms with van der Waals surface area (Å²) in [4.78, 5) is 37.3. The van der Waals surface area contributed by atoms with Gasteiger partial charge >= 0.3 is 19.5 Å². The van der Waals surface area contributed by atoms with E-state index in [1.165, 1.54) is 0 Å². The molecule has 2 bridgehead atoms. The van der Waals surface area contributed by atoms with Crippen LogP contribution < -0.4 is 10.9 Å². The molecule has 3 rings (SSSR count). The summed E-state index contributed by atoms with van der Waals surface area (Å²) in [5, 5.41) is 22.9. The summed E-state index contributed by atoms with van der Waals surface area (Å²) in [5.74, 6) is -0.951. The summed E-state index contributed by atoms with van der Waals surface area (Å²) < 4.78 is 0. The number of nitrogens with one attached hydrogen (secondary N) is 2. The summed E-state index contributed by atoms with van der Waals surface area (Å²) in [7, 11) is 0. The average molecular weight is 449 g/mol. The molecule has 1 aromatic heterocycles. The third kappa shape index (κ3) is 6.54. The number of fused-ring (bicyclic) bond motifs is 3. The van der Waals surface area contributed by atoms with Gasteiger partial charge in [0.25, 0.3) is 11.8 Å². The first kappa shape index (κ1) is 23.5. The number of hydrogen-bond acceptors (Lipinski definition) is 8. The molecule has 2 heterocycles. The Hall–Kier alpha value is -3.53. The van der Waals surface area contributed by atoms with Gasteiger partial charge in [-0.25, -0.2) is 15.8 Å². The second-order valence-corrected chi connectivity index (χ2v) is 5.45. The van der Waals surface area contributed by atoms with Crippen LogP contribution in [0.2, 0.25) is 0 Å². The molecular weight excluding hydrogens is 434 g/mol. The van der Waals surface area contributed by atoms with E-state index in [9.17, 15) is 9.59 Å². The fourth-order valence-electron chi connectivity index (χ4n) is 2.22. The minimum absolute atomic E-state index is 0. The van der Waals surface area contributed by atoms with Crippen LogP contribution in [0.5, 0.6) is 0 Å². The van der Waals surface area contributed by atoms with Crippen molar-refractivity contribution in [2.75, 3.05) is 0 Å². The van der Waals surface area contributed by atoms with Crippen molar-refractivity contribution in [3.05, 3.63) is 80.3 Å². The van der Waals surface area contributed by atoms with Crippen LogP contribution in [0.25, 0.3) is 0 Å². The van der Waals surface area contributed by atoms with Gasteiger partial charge in [0.1, 0.15) is 0 Å². The Morgan fingerprint density at radius 2 is 1.17 bits per heavy atom. The van der Waals surface area contributed by atoms with Crippen LogP contribution in [-0.4, -0.2) is 33.3 Å². The fraction of sp³-hybridized carbons (Fsp3) is 0.118. The van der Waals surface area contributed by atoms with Gasteiger partial charge in [-0.15, -0.1) is 0 Å². The second kappa shape index (κ2) is 10.7. The van der Waals surface area contributed by atoms with E-state index in [1.54, 1.807) is 50.2 Å². The number of hydrogen-bond donors (Lipinski definition) is 2. The van der Waals surface area contributed by atoms with Gasteiger partial charge in [0.2, 0.25) is 0 Å². The van der Waals surface area contributed by atoms with E-state index in [1.807, 2.05) is 6.07 Å². The molecule has 0 spiro atoms. The van der Waals surface area contributed by atoms with Crippen LogP contribution in [0.4, 0.5) is 0 Å². The van der Waals surface area contributed by atoms with Crippen molar-refractivity contribution in [3.63, 3.8) is 0 Å². The SMILES string of the molecule is C/C1=N\NC(=O)c2ccccc2C(=O)N/N=C(\C)c2cccc1n2.O=[N+]([O-])[O-].[Zn+2]. The molecule has 0 radical (unpaired) electrons. The molecule has 2 N–H and O–H groups in total. The Bertz CT molecular complexity index is 920. The van der Waals surface area contributed by atoms with E-state index in [2.05, 4.69) is 26.0 Å². The van der Waals surface area contributed by atoms with Crippen molar-refractivity contribution >= 4 is 23.2 Å². The van der Waals surface area contributed by atoms with E-state index < -0.39 is 16.9 Å². The van der Waals surface area contributed by atoms with Crippen LogP contribution in [0.1, 0.15) is 46.0 Å². The van der Waals surface area contributed by atoms with Crippen molar-refractivity contribution in [1.82, 2.24) is 15.8 Å². The van der Waals surface area contributed by atoms with Crippen LogP contribution in [-0.2, 0) is 19.5 Å². The summed E-state index contributed by atoms with van der Waals surface area (Å²) in [6, 6.07) is 11.9. The number of hydrazone groups is 2. The maximum Gasteiger partial charge on any atom is 2.00 e. The molecule has 0 unspecified atom stereocenters. The zero-order chi connectivity index (χ0) is 20.7. The first-order valence-electron chi connectivity index (χ1n) is 7.87. The van der Waals surface area contributed by atoms with Crippen molar-refractivity contribution in [2.45, 2.75) is 13.8 Å². The molecule has 0 saturated carbocycles. The smallest absolute Gasteiger partial charge is 0.356 e. The minimum atomic E-state index is -1.75. The average Bonchev–Trinajstić information content (AvgIpc) is 2.69. The van der Waals surface area contributed by atoms with Gasteiger partial charge in [-0.3, -0.25) is 9.59 Å². The maximum atomic E-state index is 12.3. The number of nitrogens with zero attached hydrogens (tertiary/aromatic N) is 4. The number of benzene rings is 1. The minimum Gasteiger partial charge on any atom is -0.356 e. The summed E-state index contributed by atoms with van der Waals surface area (Å²) in [5.41, 5.74) is 7.68. The molecule has 0 aliphatic carbocycles. The topological polar surface area (TPSA) is 162 Å². The van der Waals surface area contributed by atoms with Gasteiger partial charge in [-0.2, -0.15) is 10.2 Å². The largest absolute Gasteiger partial charge is 2.00 e. The molecule has 11 nitrogen and oxygen atoms in total. The number of carbonyl (C=O) groups excluding carboxylic acids is 2. The van der Waals surface area contributed by atoms with Gasteiger partial charge in [0.05, 0.1) is 39.0 Å². The van der Waals surface area contributed by atoms with Crippen molar-refractivity contribution in [1.29, 1.82) is 0 Å². The Morgan fingerprint density at radius 3 is 1.55 bits per heavy atom. The molecule has 1 aromatic carbocycles. The molecule has 0 fully saturated rings. The summed E-state index contributed by atoms with van der Waals surface area (Å²) in [6.07, 6.45) is 0. The monoisotopic (exact) mass is 447 g/mol. The van der Waals surface area contributed by atoms with E-state index in [0.29, 0.717) is 22.8 Å². The Balaban J connectivity index is 0.000000771. The molecule has 1 aliphatic rings. The first-order chi connectivity index (χ1) is 13.3. The number of rotatable bonds is 0. The Kier molecular flexibility index (Phi) is 8.69. The van der Waals surface area contributed by atoms with Gasteiger partial charge in [-0.05, 0) is 38.1 Å². The molecule has 2 aromatic rings. The van der Waals surface area contributed by atoms with E-state index in [0.717, 1.165) is 0 Å². The third-order valence-electron chi connectivity index (χ3n) is 3.56. The molecule has 2 amide bonds. The van der Waals surface area contributed by atoms with Gasteiger partial charge in [-0.1, -0.05) is 18.2 Å². The Labute approximate surface area is 177 Å². The molecular formula is C17H15N6O5Zn+. The number of amides is 2. The molecule has 12 heteroatoms. The summed E-state index contributed by atoms with van der Waals surface area (Å²) in [6.45, 7) is 3.49. The van der Waals surface area contributed by atoms with Gasteiger partial charge in [0, 0.05) is 0 Å². The second-order valence-electron chi connectivity index (χ2n) is 5.45. The molecule has 0 saturated heterocycles. The van der Waals surface area contributed by atoms with Gasteiger partial charge in [0.15, 0.2) is 0 Å². The molecule has 1 aliphatic heterocycles. The zero-order valence-electron chi connectivity index (χ0n) is 15.6. The quantitative estimate of drug-likeness (QED) is 0.352. The van der Waals surface area contributed by atoms with Crippen LogP contribution >= 0.6 is 0 Å². The number of aromatic nitrogens is 1. The number of pyridine rings is 1. The predicted octanol–water partition coefficient (Wildman–Crippen LogP) is 1.46. The van der Waals surface area contributed by atoms with E-state index in [4.69, 9.17) is 15.3 Å². The van der Waals surface area contributed by atoms with Crippen molar-refractivity contribution in [3.8, 4) is 0 Å². The van der Waals surface area contributed by atoms with Crippen molar-refractivity contribution < 1.29 is 34.2 Å². The molecule has 29 heavy (non-hydrogen) atoms. The normalized spacial score (nSPS) is 16.6. The third-order valence-corrected chi connectivity index (χ3v) is 3.56. The van der Waals surface area contributed by atoms with E-state index >= 15 is 0 Å². The van der Waals surface area contributed by atoms with Crippen LogP contribution in [0.3, 0.4) is 0 Å². The van der Waals surface area contributed by atoms with Crippen LogP contribution in [0.15, 0.2) is 52.7 Å². The standard InChI is InChI=1S/C17H15N5O2.NO3.Zn/c1-10-14-8-5-9-15(18-14)11(2)20-22-17(24)13-7-4-3-6-12(13)16(23)21-19-10;2-1(3)4;/h3-9H,1-2H3,(H,21,23)(H,22,24);;/q;-1;+2/b19-10+,20-11+;;. The van der Waals surface area contributed by atoms with Gasteiger partial charge < -0.3 is 15.3 Å². The maximum absolute atomic E-state index is 12.3. The van der Waals surface area contributed by atoms with Crippen LogP contribution in [0, 0.1) is 15.3 Å². The van der Waals surface area contributed by atoms with Crippen molar-refractivity contribution in [2.24, 2.45) is 10.2 Å². The number of carbonyl (C=O) groups is 2. The predicted molar refractivity (Wildman–Crippen MR) is 100 cm³/mol. The molecule has 144 valence electrons. The zero-order valence-corrected chi connectivity index (χ0v) is 18.5. The first-order valence-corrected chi connectivity index (χ1v) is 7.87. The fourth-order valence-corrected chi connectivity index (χ4v) is 2.22.